The number of nitrogens with zero attached hydrogens (tertiary/aromatic N) is 4. The zero-order valence-corrected chi connectivity index (χ0v) is 20.8. The predicted octanol–water partition coefficient (Wildman–Crippen LogP) is 4.47. The topological polar surface area (TPSA) is 71.7 Å². The summed E-state index contributed by atoms with van der Waals surface area (Å²) in [5, 5.41) is 12.2. The third kappa shape index (κ3) is 6.14. The van der Waals surface area contributed by atoms with Crippen LogP contribution in [0.5, 0.6) is 0 Å². The van der Waals surface area contributed by atoms with Gasteiger partial charge in [-0.25, -0.2) is 4.99 Å². The summed E-state index contributed by atoms with van der Waals surface area (Å²) >= 11 is 0. The van der Waals surface area contributed by atoms with Crippen molar-refractivity contribution in [2.45, 2.75) is 18.9 Å². The fourth-order valence-corrected chi connectivity index (χ4v) is 4.23. The molecule has 1 saturated heterocycles. The van der Waals surface area contributed by atoms with Crippen molar-refractivity contribution >= 4 is 17.2 Å². The number of hydrogen-bond donors (Lipinski definition) is 1. The number of allylic oxidation sites excluding steroid dienone is 3. The lowest BCUT2D eigenvalue weighted by molar-refractivity contribution is 0.0663. The highest BCUT2D eigenvalue weighted by Gasteiger charge is 2.24. The first kappa shape index (κ1) is 25.7. The summed E-state index contributed by atoms with van der Waals surface area (Å²) in [6.07, 6.45) is 5.42. The van der Waals surface area contributed by atoms with E-state index in [1.165, 1.54) is 0 Å². The van der Waals surface area contributed by atoms with E-state index in [1.54, 1.807) is 31.3 Å². The zero-order valence-electron chi connectivity index (χ0n) is 20.8. The van der Waals surface area contributed by atoms with Crippen LogP contribution in [0.2, 0.25) is 0 Å². The molecule has 1 amide bonds. The molecule has 0 aliphatic carbocycles. The second-order valence-corrected chi connectivity index (χ2v) is 8.67. The largest absolute Gasteiger partial charge is 0.373 e. The molecule has 6 nitrogen and oxygen atoms in total. The Morgan fingerprint density at radius 2 is 1.60 bits per heavy atom. The van der Waals surface area contributed by atoms with Crippen molar-refractivity contribution in [3.8, 4) is 6.07 Å². The van der Waals surface area contributed by atoms with Crippen LogP contribution in [0.1, 0.15) is 39.9 Å². The Kier molecular flexibility index (Phi) is 8.77. The minimum Gasteiger partial charge on any atom is -0.373 e. The fraction of sp³-hybridized carbons (Fsp3) is 0.276. The lowest BCUT2D eigenvalue weighted by Gasteiger charge is -2.35. The number of nitrogens with one attached hydrogen (secondary N) is 1. The first-order valence-electron chi connectivity index (χ1n) is 11.7. The molecule has 6 heteroatoms. The van der Waals surface area contributed by atoms with Gasteiger partial charge in [0.1, 0.15) is 5.82 Å². The van der Waals surface area contributed by atoms with Crippen LogP contribution in [0.25, 0.3) is 5.57 Å². The number of hydrogen-bond acceptors (Lipinski definition) is 5. The normalized spacial score (nSPS) is 15.3. The maximum atomic E-state index is 13.0. The van der Waals surface area contributed by atoms with E-state index in [0.29, 0.717) is 28.7 Å². The Labute approximate surface area is 208 Å². The molecular weight excluding hydrogens is 434 g/mol. The molecule has 2 aromatic rings. The minimum atomic E-state index is 0.0661. The third-order valence-electron chi connectivity index (χ3n) is 6.36. The van der Waals surface area contributed by atoms with Gasteiger partial charge < -0.3 is 15.1 Å². The SMILES string of the molecule is C=CC(=N/C(NC)=C(/C=C)c1ccc(C#N)cc1)c1ccc(C(=O)N2CCC(N(C)C)CC2)cc1. The van der Waals surface area contributed by atoms with Gasteiger partial charge in [-0.15, -0.1) is 0 Å². The van der Waals surface area contributed by atoms with E-state index in [4.69, 9.17) is 10.3 Å². The number of rotatable bonds is 8. The van der Waals surface area contributed by atoms with Gasteiger partial charge in [0.05, 0.1) is 17.3 Å². The van der Waals surface area contributed by atoms with Gasteiger partial charge in [-0.1, -0.05) is 43.5 Å². The molecule has 0 atom stereocenters. The van der Waals surface area contributed by atoms with Gasteiger partial charge in [-0.3, -0.25) is 4.79 Å². The van der Waals surface area contributed by atoms with Crippen molar-refractivity contribution in [1.82, 2.24) is 15.1 Å². The molecule has 0 saturated carbocycles. The quantitative estimate of drug-likeness (QED) is 0.459. The maximum absolute atomic E-state index is 13.0. The molecule has 1 fully saturated rings. The first-order valence-corrected chi connectivity index (χ1v) is 11.7. The molecule has 2 aromatic carbocycles. The van der Waals surface area contributed by atoms with E-state index in [0.717, 1.165) is 42.6 Å². The molecule has 0 radical (unpaired) electrons. The molecule has 35 heavy (non-hydrogen) atoms. The molecule has 3 rings (SSSR count). The van der Waals surface area contributed by atoms with Crippen LogP contribution in [0.15, 0.2) is 84.7 Å². The summed E-state index contributed by atoms with van der Waals surface area (Å²) < 4.78 is 0. The van der Waals surface area contributed by atoms with E-state index in [2.05, 4.69) is 43.5 Å². The lowest BCUT2D eigenvalue weighted by atomic mass is 10.0. The van der Waals surface area contributed by atoms with Gasteiger partial charge >= 0.3 is 0 Å². The average molecular weight is 468 g/mol. The van der Waals surface area contributed by atoms with E-state index in [1.807, 2.05) is 41.3 Å². The van der Waals surface area contributed by atoms with Crippen LogP contribution in [0, 0.1) is 11.3 Å². The van der Waals surface area contributed by atoms with Crippen LogP contribution in [0.4, 0.5) is 0 Å². The van der Waals surface area contributed by atoms with Gasteiger partial charge in [-0.05, 0) is 62.8 Å². The highest BCUT2D eigenvalue weighted by atomic mass is 16.2. The molecule has 1 heterocycles. The van der Waals surface area contributed by atoms with Crippen LogP contribution >= 0.6 is 0 Å². The molecule has 0 unspecified atom stereocenters. The summed E-state index contributed by atoms with van der Waals surface area (Å²) in [5.41, 5.74) is 4.51. The van der Waals surface area contributed by atoms with Crippen LogP contribution < -0.4 is 5.32 Å². The number of carbonyl (C=O) groups excluding carboxylic acids is 1. The average Bonchev–Trinajstić information content (AvgIpc) is 2.91. The minimum absolute atomic E-state index is 0.0661. The second kappa shape index (κ2) is 12.0. The van der Waals surface area contributed by atoms with Gasteiger partial charge in [0, 0.05) is 42.9 Å². The van der Waals surface area contributed by atoms with Gasteiger partial charge in [0.25, 0.3) is 5.91 Å². The number of nitriles is 1. The molecule has 1 aliphatic heterocycles. The first-order chi connectivity index (χ1) is 16.9. The van der Waals surface area contributed by atoms with Crippen molar-refractivity contribution in [3.05, 3.63) is 102 Å². The van der Waals surface area contributed by atoms with Crippen molar-refractivity contribution in [2.24, 2.45) is 4.99 Å². The summed E-state index contributed by atoms with van der Waals surface area (Å²) in [6, 6.07) is 17.5. The summed E-state index contributed by atoms with van der Waals surface area (Å²) in [6.45, 7) is 9.43. The molecule has 180 valence electrons. The number of amides is 1. The van der Waals surface area contributed by atoms with Gasteiger partial charge in [-0.2, -0.15) is 5.26 Å². The van der Waals surface area contributed by atoms with Crippen molar-refractivity contribution in [1.29, 1.82) is 5.26 Å². The summed E-state index contributed by atoms with van der Waals surface area (Å²) in [4.78, 5) is 22.0. The highest BCUT2D eigenvalue weighted by molar-refractivity contribution is 6.09. The van der Waals surface area contributed by atoms with Crippen molar-refractivity contribution in [3.63, 3.8) is 0 Å². The molecule has 1 N–H and O–H groups in total. The van der Waals surface area contributed by atoms with Crippen molar-refractivity contribution in [2.75, 3.05) is 34.2 Å². The van der Waals surface area contributed by atoms with E-state index in [-0.39, 0.29) is 5.91 Å². The van der Waals surface area contributed by atoms with Crippen LogP contribution in [0.3, 0.4) is 0 Å². The predicted molar refractivity (Wildman–Crippen MR) is 143 cm³/mol. The van der Waals surface area contributed by atoms with Gasteiger partial charge in [0.15, 0.2) is 0 Å². The summed E-state index contributed by atoms with van der Waals surface area (Å²) in [5.74, 6) is 0.694. The Bertz CT molecular complexity index is 1160. The zero-order chi connectivity index (χ0) is 25.4. The Hall–Kier alpha value is -3.95. The number of benzene rings is 2. The van der Waals surface area contributed by atoms with E-state index >= 15 is 0 Å². The molecular formula is C29H33N5O. The maximum Gasteiger partial charge on any atom is 0.253 e. The lowest BCUT2D eigenvalue weighted by Crippen LogP contribution is -2.44. The van der Waals surface area contributed by atoms with Crippen molar-refractivity contribution < 1.29 is 4.79 Å². The van der Waals surface area contributed by atoms with Gasteiger partial charge in [0.2, 0.25) is 0 Å². The highest BCUT2D eigenvalue weighted by Crippen LogP contribution is 2.22. The Morgan fingerprint density at radius 3 is 2.09 bits per heavy atom. The number of piperidine rings is 1. The summed E-state index contributed by atoms with van der Waals surface area (Å²) in [7, 11) is 5.99. The van der Waals surface area contributed by atoms with E-state index < -0.39 is 0 Å². The molecule has 0 spiro atoms. The van der Waals surface area contributed by atoms with Crippen LogP contribution in [-0.2, 0) is 0 Å². The monoisotopic (exact) mass is 467 g/mol. The van der Waals surface area contributed by atoms with E-state index in [9.17, 15) is 4.79 Å². The molecule has 1 aliphatic rings. The molecule has 0 bridgehead atoms. The van der Waals surface area contributed by atoms with Crippen LogP contribution in [-0.4, -0.2) is 61.7 Å². The number of carbonyl (C=O) groups is 1. The number of aliphatic imine (C=N–C) groups is 1. The molecule has 0 aromatic heterocycles. The standard InChI is InChI=1S/C29H33N5O/c1-6-26(22-10-8-21(20-30)9-11-22)28(31-3)32-27(7-2)23-12-14-24(15-13-23)29(35)34-18-16-25(17-19-34)33(4)5/h6-15,25,31H,1-2,16-19H2,3-5H3/b28-26-,32-27?. The Balaban J connectivity index is 1.83. The fourth-order valence-electron chi connectivity index (χ4n) is 4.23. The third-order valence-corrected chi connectivity index (χ3v) is 6.36. The smallest absolute Gasteiger partial charge is 0.253 e. The second-order valence-electron chi connectivity index (χ2n) is 8.67. The number of likely N-dealkylation sites (tertiary alicyclic amines) is 1. The Morgan fingerprint density at radius 1 is 1.03 bits per heavy atom.